The molecule has 2 aromatic rings. The molecular formula is C14H14BrNO3. The van der Waals surface area contributed by atoms with Crippen LogP contribution in [0.2, 0.25) is 0 Å². The maximum atomic E-state index is 12.2. The Bertz CT molecular complexity index is 719. The number of carboxylic acids is 1. The fourth-order valence-electron chi connectivity index (χ4n) is 2.19. The zero-order valence-corrected chi connectivity index (χ0v) is 12.3. The van der Waals surface area contributed by atoms with Crippen molar-refractivity contribution < 1.29 is 9.90 Å². The average Bonchev–Trinajstić information content (AvgIpc) is 2.32. The molecule has 0 fully saturated rings. The number of rotatable bonds is 3. The summed E-state index contributed by atoms with van der Waals surface area (Å²) in [4.78, 5) is 23.4. The SMILES string of the molecule is CCCn1cc(C(=O)O)c(=O)c2cc(C)cc(Br)c21. The largest absolute Gasteiger partial charge is 0.477 e. The number of hydrogen-bond donors (Lipinski definition) is 1. The van der Waals surface area contributed by atoms with Gasteiger partial charge in [0, 0.05) is 22.6 Å². The Morgan fingerprint density at radius 3 is 2.68 bits per heavy atom. The smallest absolute Gasteiger partial charge is 0.341 e. The van der Waals surface area contributed by atoms with Crippen LogP contribution in [0.15, 0.2) is 27.6 Å². The van der Waals surface area contributed by atoms with Crippen molar-refractivity contribution in [2.24, 2.45) is 0 Å². The lowest BCUT2D eigenvalue weighted by molar-refractivity contribution is 0.0695. The molecule has 1 heterocycles. The van der Waals surface area contributed by atoms with Crippen LogP contribution in [0.3, 0.4) is 0 Å². The maximum absolute atomic E-state index is 12.2. The molecule has 0 saturated heterocycles. The summed E-state index contributed by atoms with van der Waals surface area (Å²) in [6.45, 7) is 4.55. The monoisotopic (exact) mass is 323 g/mol. The van der Waals surface area contributed by atoms with E-state index >= 15 is 0 Å². The summed E-state index contributed by atoms with van der Waals surface area (Å²) in [5.41, 5.74) is 1.06. The third-order valence-corrected chi connectivity index (χ3v) is 3.57. The molecule has 0 unspecified atom stereocenters. The van der Waals surface area contributed by atoms with Crippen molar-refractivity contribution in [1.82, 2.24) is 4.57 Å². The normalized spacial score (nSPS) is 10.9. The molecule has 0 bridgehead atoms. The van der Waals surface area contributed by atoms with Gasteiger partial charge in [0.1, 0.15) is 5.56 Å². The van der Waals surface area contributed by atoms with Crippen molar-refractivity contribution >= 4 is 32.8 Å². The van der Waals surface area contributed by atoms with Crippen LogP contribution in [-0.2, 0) is 6.54 Å². The Balaban J connectivity index is 2.96. The number of pyridine rings is 1. The highest BCUT2D eigenvalue weighted by atomic mass is 79.9. The lowest BCUT2D eigenvalue weighted by atomic mass is 10.1. The molecule has 100 valence electrons. The van der Waals surface area contributed by atoms with Crippen LogP contribution < -0.4 is 5.43 Å². The van der Waals surface area contributed by atoms with Crippen molar-refractivity contribution in [1.29, 1.82) is 0 Å². The second-order valence-corrected chi connectivity index (χ2v) is 5.37. The minimum atomic E-state index is -1.19. The van der Waals surface area contributed by atoms with Gasteiger partial charge in [0.15, 0.2) is 0 Å². The van der Waals surface area contributed by atoms with Gasteiger partial charge in [-0.05, 0) is 47.0 Å². The molecule has 0 aliphatic heterocycles. The van der Waals surface area contributed by atoms with Crippen LogP contribution in [0.1, 0.15) is 29.3 Å². The van der Waals surface area contributed by atoms with Gasteiger partial charge in [-0.1, -0.05) is 6.92 Å². The summed E-state index contributed by atoms with van der Waals surface area (Å²) in [6, 6.07) is 3.66. The van der Waals surface area contributed by atoms with Gasteiger partial charge in [-0.25, -0.2) is 4.79 Å². The first kappa shape index (κ1) is 13.8. The fourth-order valence-corrected chi connectivity index (χ4v) is 3.00. The zero-order chi connectivity index (χ0) is 14.2. The third kappa shape index (κ3) is 2.42. The number of aromatic nitrogens is 1. The van der Waals surface area contributed by atoms with Gasteiger partial charge in [0.25, 0.3) is 0 Å². The highest BCUT2D eigenvalue weighted by molar-refractivity contribution is 9.10. The molecule has 5 heteroatoms. The number of fused-ring (bicyclic) bond motifs is 1. The van der Waals surface area contributed by atoms with Gasteiger partial charge >= 0.3 is 5.97 Å². The lowest BCUT2D eigenvalue weighted by Crippen LogP contribution is -2.19. The molecule has 0 amide bonds. The summed E-state index contributed by atoms with van der Waals surface area (Å²) in [5, 5.41) is 9.58. The molecule has 0 saturated carbocycles. The summed E-state index contributed by atoms with van der Waals surface area (Å²) >= 11 is 3.46. The molecule has 0 spiro atoms. The lowest BCUT2D eigenvalue weighted by Gasteiger charge is -2.13. The van der Waals surface area contributed by atoms with E-state index in [0.29, 0.717) is 11.9 Å². The van der Waals surface area contributed by atoms with E-state index in [0.717, 1.165) is 22.0 Å². The van der Waals surface area contributed by atoms with E-state index in [2.05, 4.69) is 15.9 Å². The number of carbonyl (C=O) groups is 1. The van der Waals surface area contributed by atoms with Crippen LogP contribution in [0.25, 0.3) is 10.9 Å². The van der Waals surface area contributed by atoms with E-state index < -0.39 is 11.4 Å². The molecule has 1 aromatic carbocycles. The number of halogens is 1. The first-order chi connectivity index (χ1) is 8.95. The first-order valence-electron chi connectivity index (χ1n) is 6.02. The van der Waals surface area contributed by atoms with Gasteiger partial charge in [-0.2, -0.15) is 0 Å². The molecule has 4 nitrogen and oxygen atoms in total. The Kier molecular flexibility index (Phi) is 3.75. The van der Waals surface area contributed by atoms with Crippen LogP contribution in [-0.4, -0.2) is 15.6 Å². The predicted octanol–water partition coefficient (Wildman–Crippen LogP) is 3.18. The molecule has 0 atom stereocenters. The van der Waals surface area contributed by atoms with Gasteiger partial charge in [0.2, 0.25) is 5.43 Å². The molecule has 0 radical (unpaired) electrons. The highest BCUT2D eigenvalue weighted by Gasteiger charge is 2.16. The Morgan fingerprint density at radius 2 is 2.11 bits per heavy atom. The van der Waals surface area contributed by atoms with Crippen molar-refractivity contribution in [3.05, 3.63) is 44.2 Å². The Labute approximate surface area is 118 Å². The first-order valence-corrected chi connectivity index (χ1v) is 6.81. The Morgan fingerprint density at radius 1 is 1.42 bits per heavy atom. The summed E-state index contributed by atoms with van der Waals surface area (Å²) in [7, 11) is 0. The van der Waals surface area contributed by atoms with Gasteiger partial charge < -0.3 is 9.67 Å². The molecule has 1 aromatic heterocycles. The van der Waals surface area contributed by atoms with Crippen molar-refractivity contribution in [2.75, 3.05) is 0 Å². The summed E-state index contributed by atoms with van der Waals surface area (Å²) < 4.78 is 2.63. The van der Waals surface area contributed by atoms with E-state index in [1.807, 2.05) is 24.5 Å². The summed E-state index contributed by atoms with van der Waals surface area (Å²) in [6.07, 6.45) is 2.29. The van der Waals surface area contributed by atoms with Gasteiger partial charge in [-0.3, -0.25) is 4.79 Å². The van der Waals surface area contributed by atoms with Gasteiger partial charge in [-0.15, -0.1) is 0 Å². The minimum absolute atomic E-state index is 0.182. The molecular weight excluding hydrogens is 310 g/mol. The fraction of sp³-hybridized carbons (Fsp3) is 0.286. The molecule has 19 heavy (non-hydrogen) atoms. The topological polar surface area (TPSA) is 59.3 Å². The molecule has 1 N–H and O–H groups in total. The van der Waals surface area contributed by atoms with Crippen LogP contribution in [0.4, 0.5) is 0 Å². The zero-order valence-electron chi connectivity index (χ0n) is 10.7. The number of carboxylic acid groups (broad SMARTS) is 1. The maximum Gasteiger partial charge on any atom is 0.341 e. The van der Waals surface area contributed by atoms with E-state index in [-0.39, 0.29) is 5.56 Å². The highest BCUT2D eigenvalue weighted by Crippen LogP contribution is 2.24. The second kappa shape index (κ2) is 5.17. The second-order valence-electron chi connectivity index (χ2n) is 4.51. The number of hydrogen-bond acceptors (Lipinski definition) is 2. The van der Waals surface area contributed by atoms with Crippen LogP contribution in [0, 0.1) is 6.92 Å². The van der Waals surface area contributed by atoms with E-state index in [9.17, 15) is 9.59 Å². The minimum Gasteiger partial charge on any atom is -0.477 e. The number of nitrogens with zero attached hydrogens (tertiary/aromatic N) is 1. The molecule has 0 aliphatic rings. The summed E-state index contributed by atoms with van der Waals surface area (Å²) in [5.74, 6) is -1.19. The number of aryl methyl sites for hydroxylation is 2. The third-order valence-electron chi connectivity index (χ3n) is 2.96. The van der Waals surface area contributed by atoms with Crippen LogP contribution in [0.5, 0.6) is 0 Å². The number of aromatic carboxylic acids is 1. The van der Waals surface area contributed by atoms with Crippen molar-refractivity contribution in [3.63, 3.8) is 0 Å². The number of benzene rings is 1. The predicted molar refractivity (Wildman–Crippen MR) is 77.9 cm³/mol. The quantitative estimate of drug-likeness (QED) is 0.943. The average molecular weight is 324 g/mol. The Hall–Kier alpha value is -1.62. The van der Waals surface area contributed by atoms with E-state index in [1.54, 1.807) is 6.07 Å². The molecule has 0 aliphatic carbocycles. The standard InChI is InChI=1S/C14H14BrNO3/c1-3-4-16-7-10(14(18)19)13(17)9-5-8(2)6-11(15)12(9)16/h5-7H,3-4H2,1-2H3,(H,18,19). The van der Waals surface area contributed by atoms with Crippen molar-refractivity contribution in [2.45, 2.75) is 26.8 Å². The van der Waals surface area contributed by atoms with Crippen LogP contribution >= 0.6 is 15.9 Å². The molecule has 2 rings (SSSR count). The van der Waals surface area contributed by atoms with E-state index in [4.69, 9.17) is 5.11 Å². The van der Waals surface area contributed by atoms with Gasteiger partial charge in [0.05, 0.1) is 5.52 Å². The van der Waals surface area contributed by atoms with Crippen molar-refractivity contribution in [3.8, 4) is 0 Å². The van der Waals surface area contributed by atoms with E-state index in [1.165, 1.54) is 6.20 Å².